The molecule has 0 fully saturated rings. The zero-order chi connectivity index (χ0) is 19.3. The van der Waals surface area contributed by atoms with Crippen molar-refractivity contribution in [2.24, 2.45) is 0 Å². The summed E-state index contributed by atoms with van der Waals surface area (Å²) in [5, 5.41) is 13.1. The predicted octanol–water partition coefficient (Wildman–Crippen LogP) is 3.99. The van der Waals surface area contributed by atoms with E-state index >= 15 is 0 Å². The van der Waals surface area contributed by atoms with Crippen LogP contribution in [-0.4, -0.2) is 25.4 Å². The molecule has 0 spiro atoms. The van der Waals surface area contributed by atoms with Crippen LogP contribution in [0.5, 0.6) is 11.5 Å². The van der Waals surface area contributed by atoms with Crippen LogP contribution in [0.3, 0.4) is 0 Å². The number of carbonyl (C=O) groups is 1. The van der Waals surface area contributed by atoms with Gasteiger partial charge in [-0.1, -0.05) is 19.1 Å². The maximum atomic E-state index is 11.8. The second-order valence-corrected chi connectivity index (χ2v) is 6.01. The molecular formula is C20H26N2O4. The Bertz CT molecular complexity index is 790. The van der Waals surface area contributed by atoms with Crippen molar-refractivity contribution >= 4 is 11.7 Å². The van der Waals surface area contributed by atoms with Crippen LogP contribution in [0.1, 0.15) is 29.2 Å². The number of nitrogens with one attached hydrogen (secondary N) is 1. The number of rotatable bonds is 6. The number of benzene rings is 2. The van der Waals surface area contributed by atoms with Crippen molar-refractivity contribution in [1.29, 1.82) is 0 Å². The summed E-state index contributed by atoms with van der Waals surface area (Å²) in [5.74, 6) is 1.30. The minimum absolute atomic E-state index is 0.152. The Morgan fingerprint density at radius 3 is 2.54 bits per heavy atom. The number of amides is 2. The number of anilines is 1. The molecule has 0 saturated heterocycles. The standard InChI is InChI=1S/C20H26N2O4/c1-6-15-10-14(3)19(11-13(15)2)26-12-16-17(22(24)20(23)21-4)8-7-9-18(16)25-5/h7-11,24H,6,12H2,1-5H3,(H,21,23). The van der Waals surface area contributed by atoms with Gasteiger partial charge in [-0.25, -0.2) is 4.79 Å². The fourth-order valence-electron chi connectivity index (χ4n) is 2.84. The van der Waals surface area contributed by atoms with Crippen LogP contribution < -0.4 is 19.9 Å². The Kier molecular flexibility index (Phi) is 6.46. The second-order valence-electron chi connectivity index (χ2n) is 6.01. The Labute approximate surface area is 154 Å². The molecule has 2 N–H and O–H groups in total. The minimum atomic E-state index is -0.640. The zero-order valence-electron chi connectivity index (χ0n) is 15.9. The van der Waals surface area contributed by atoms with Crippen molar-refractivity contribution in [3.05, 3.63) is 52.6 Å². The predicted molar refractivity (Wildman–Crippen MR) is 101 cm³/mol. The first kappa shape index (κ1) is 19.6. The summed E-state index contributed by atoms with van der Waals surface area (Å²) in [6.07, 6.45) is 0.967. The van der Waals surface area contributed by atoms with Gasteiger partial charge >= 0.3 is 6.03 Å². The van der Waals surface area contributed by atoms with Gasteiger partial charge in [-0.3, -0.25) is 5.21 Å². The van der Waals surface area contributed by atoms with E-state index in [-0.39, 0.29) is 6.61 Å². The van der Waals surface area contributed by atoms with Gasteiger partial charge in [0, 0.05) is 7.05 Å². The third-order valence-electron chi connectivity index (χ3n) is 4.35. The number of hydrogen-bond acceptors (Lipinski definition) is 4. The van der Waals surface area contributed by atoms with Gasteiger partial charge in [-0.2, -0.15) is 5.06 Å². The maximum absolute atomic E-state index is 11.8. The normalized spacial score (nSPS) is 10.4. The van der Waals surface area contributed by atoms with Gasteiger partial charge in [-0.15, -0.1) is 0 Å². The van der Waals surface area contributed by atoms with E-state index in [1.807, 2.05) is 13.0 Å². The third-order valence-corrected chi connectivity index (χ3v) is 4.35. The summed E-state index contributed by atoms with van der Waals surface area (Å²) in [6.45, 7) is 6.33. The fraction of sp³-hybridized carbons (Fsp3) is 0.350. The molecule has 2 rings (SSSR count). The van der Waals surface area contributed by atoms with Crippen LogP contribution in [0.2, 0.25) is 0 Å². The largest absolute Gasteiger partial charge is 0.496 e. The van der Waals surface area contributed by atoms with E-state index in [1.54, 1.807) is 18.2 Å². The molecule has 6 heteroatoms. The summed E-state index contributed by atoms with van der Waals surface area (Å²) in [7, 11) is 2.99. The third kappa shape index (κ3) is 4.08. The van der Waals surface area contributed by atoms with E-state index in [0.717, 1.165) is 17.7 Å². The van der Waals surface area contributed by atoms with Crippen LogP contribution in [-0.2, 0) is 13.0 Å². The number of nitrogens with zero attached hydrogens (tertiary/aromatic N) is 1. The van der Waals surface area contributed by atoms with Crippen molar-refractivity contribution in [3.63, 3.8) is 0 Å². The smallest absolute Gasteiger partial charge is 0.345 e. The highest BCUT2D eigenvalue weighted by Gasteiger charge is 2.19. The van der Waals surface area contributed by atoms with Gasteiger partial charge in [0.2, 0.25) is 0 Å². The Morgan fingerprint density at radius 1 is 1.19 bits per heavy atom. The number of ether oxygens (including phenoxy) is 2. The number of methoxy groups -OCH3 is 1. The molecule has 0 aromatic heterocycles. The lowest BCUT2D eigenvalue weighted by Crippen LogP contribution is -2.36. The molecule has 0 aliphatic heterocycles. The lowest BCUT2D eigenvalue weighted by atomic mass is 10.0. The quantitative estimate of drug-likeness (QED) is 0.605. The molecule has 2 amide bonds. The molecule has 26 heavy (non-hydrogen) atoms. The van der Waals surface area contributed by atoms with E-state index < -0.39 is 6.03 Å². The molecule has 6 nitrogen and oxygen atoms in total. The van der Waals surface area contributed by atoms with Crippen molar-refractivity contribution < 1.29 is 19.5 Å². The minimum Gasteiger partial charge on any atom is -0.496 e. The van der Waals surface area contributed by atoms with Gasteiger partial charge < -0.3 is 14.8 Å². The monoisotopic (exact) mass is 358 g/mol. The van der Waals surface area contributed by atoms with Crippen molar-refractivity contribution in [2.75, 3.05) is 19.2 Å². The van der Waals surface area contributed by atoms with E-state index in [4.69, 9.17) is 9.47 Å². The highest BCUT2D eigenvalue weighted by molar-refractivity contribution is 5.90. The lowest BCUT2D eigenvalue weighted by Gasteiger charge is -2.21. The van der Waals surface area contributed by atoms with E-state index in [2.05, 4.69) is 25.2 Å². The van der Waals surface area contributed by atoms with Crippen molar-refractivity contribution in [2.45, 2.75) is 33.8 Å². The average Bonchev–Trinajstić information content (AvgIpc) is 2.66. The Hall–Kier alpha value is -2.73. The SMILES string of the molecule is CCc1cc(C)c(OCc2c(OC)cccc2N(O)C(=O)NC)cc1C. The molecule has 0 radical (unpaired) electrons. The second kappa shape index (κ2) is 8.58. The number of urea groups is 1. The summed E-state index contributed by atoms with van der Waals surface area (Å²) < 4.78 is 11.4. The van der Waals surface area contributed by atoms with Gasteiger partial charge in [0.05, 0.1) is 18.4 Å². The van der Waals surface area contributed by atoms with Gasteiger partial charge in [0.1, 0.15) is 18.1 Å². The molecule has 0 bridgehead atoms. The highest BCUT2D eigenvalue weighted by atomic mass is 16.5. The molecule has 0 aliphatic rings. The molecule has 0 saturated carbocycles. The topological polar surface area (TPSA) is 71.0 Å². The van der Waals surface area contributed by atoms with Crippen LogP contribution in [0.25, 0.3) is 0 Å². The van der Waals surface area contributed by atoms with E-state index in [1.165, 1.54) is 25.3 Å². The zero-order valence-corrected chi connectivity index (χ0v) is 15.9. The first-order valence-electron chi connectivity index (χ1n) is 8.52. The van der Waals surface area contributed by atoms with E-state index in [0.29, 0.717) is 22.1 Å². The van der Waals surface area contributed by atoms with Gasteiger partial charge in [0.25, 0.3) is 0 Å². The molecule has 0 atom stereocenters. The molecule has 0 heterocycles. The number of carbonyl (C=O) groups excluding carboxylic acids is 1. The van der Waals surface area contributed by atoms with Gasteiger partial charge in [0.15, 0.2) is 0 Å². The van der Waals surface area contributed by atoms with Crippen LogP contribution in [0.4, 0.5) is 10.5 Å². The summed E-state index contributed by atoms with van der Waals surface area (Å²) in [5.41, 5.74) is 4.38. The first-order valence-corrected chi connectivity index (χ1v) is 8.52. The summed E-state index contributed by atoms with van der Waals surface area (Å²) in [6, 6.07) is 8.59. The van der Waals surface area contributed by atoms with Crippen LogP contribution in [0, 0.1) is 13.8 Å². The van der Waals surface area contributed by atoms with Crippen LogP contribution in [0.15, 0.2) is 30.3 Å². The molecule has 140 valence electrons. The van der Waals surface area contributed by atoms with Crippen molar-refractivity contribution in [1.82, 2.24) is 5.32 Å². The van der Waals surface area contributed by atoms with Gasteiger partial charge in [-0.05, 0) is 55.2 Å². The molecule has 0 unspecified atom stereocenters. The van der Waals surface area contributed by atoms with Crippen LogP contribution >= 0.6 is 0 Å². The Balaban J connectivity index is 2.34. The van der Waals surface area contributed by atoms with E-state index in [9.17, 15) is 10.0 Å². The molecule has 2 aromatic carbocycles. The molecule has 2 aromatic rings. The number of aryl methyl sites for hydroxylation is 3. The Morgan fingerprint density at radius 2 is 1.92 bits per heavy atom. The number of hydrogen-bond donors (Lipinski definition) is 2. The summed E-state index contributed by atoms with van der Waals surface area (Å²) >= 11 is 0. The lowest BCUT2D eigenvalue weighted by molar-refractivity contribution is 0.205. The maximum Gasteiger partial charge on any atom is 0.345 e. The highest BCUT2D eigenvalue weighted by Crippen LogP contribution is 2.31. The summed E-state index contributed by atoms with van der Waals surface area (Å²) in [4.78, 5) is 11.8. The molecule has 0 aliphatic carbocycles. The van der Waals surface area contributed by atoms with Crippen molar-refractivity contribution in [3.8, 4) is 11.5 Å². The number of hydroxylamine groups is 1. The average molecular weight is 358 g/mol. The molecular weight excluding hydrogens is 332 g/mol. The fourth-order valence-corrected chi connectivity index (χ4v) is 2.84. The first-order chi connectivity index (χ1) is 12.4.